The Bertz CT molecular complexity index is 1350. The molecule has 3 amide bonds. The van der Waals surface area contributed by atoms with Gasteiger partial charge < -0.3 is 20.3 Å². The molecule has 0 heterocycles. The highest BCUT2D eigenvalue weighted by atomic mass is 16.6. The van der Waals surface area contributed by atoms with Gasteiger partial charge in [0.15, 0.2) is 0 Å². The summed E-state index contributed by atoms with van der Waals surface area (Å²) in [6.07, 6.45) is 1.19. The summed E-state index contributed by atoms with van der Waals surface area (Å²) in [5, 5.41) is 5.89. The van der Waals surface area contributed by atoms with E-state index >= 15 is 0 Å². The number of hydrogen-bond donors (Lipinski definition) is 2. The summed E-state index contributed by atoms with van der Waals surface area (Å²) in [5.74, 6) is -0.562. The molecule has 1 saturated carbocycles. The molecule has 1 fully saturated rings. The lowest BCUT2D eigenvalue weighted by Gasteiger charge is -2.35. The average Bonchev–Trinajstić information content (AvgIpc) is 3.77. The molecule has 0 aromatic heterocycles. The van der Waals surface area contributed by atoms with Crippen molar-refractivity contribution in [3.8, 4) is 0 Å². The van der Waals surface area contributed by atoms with Gasteiger partial charge in [0.1, 0.15) is 17.7 Å². The number of rotatable bonds is 10. The van der Waals surface area contributed by atoms with E-state index in [0.717, 1.165) is 40.7 Å². The molecule has 0 spiro atoms. The van der Waals surface area contributed by atoms with Crippen LogP contribution in [0.3, 0.4) is 0 Å². The Balaban J connectivity index is 1.69. The highest BCUT2D eigenvalue weighted by Crippen LogP contribution is 2.36. The van der Waals surface area contributed by atoms with E-state index in [1.807, 2.05) is 92.7 Å². The lowest BCUT2D eigenvalue weighted by Crippen LogP contribution is -2.54. The van der Waals surface area contributed by atoms with Crippen molar-refractivity contribution in [2.45, 2.75) is 84.2 Å². The SMILES string of the molecule is Cc1ccc(C(C(=O)NCc2ccccc2)N(C(=O)C(Cc2ccccc2)NC(=O)OC(C)(C)C)C2CC2)cc1C. The van der Waals surface area contributed by atoms with Gasteiger partial charge in [-0.05, 0) is 75.3 Å². The number of nitrogens with zero attached hydrogens (tertiary/aromatic N) is 1. The normalized spacial score (nSPS) is 14.5. The maximum Gasteiger partial charge on any atom is 0.408 e. The van der Waals surface area contributed by atoms with Crippen LogP contribution in [0, 0.1) is 13.8 Å². The van der Waals surface area contributed by atoms with Gasteiger partial charge in [-0.1, -0.05) is 78.9 Å². The maximum absolute atomic E-state index is 14.5. The Morgan fingerprint density at radius 1 is 0.878 bits per heavy atom. The highest BCUT2D eigenvalue weighted by Gasteiger charge is 2.44. The molecule has 1 aliphatic rings. The molecular formula is C34H41N3O4. The first-order chi connectivity index (χ1) is 19.5. The van der Waals surface area contributed by atoms with Crippen LogP contribution in [0.15, 0.2) is 78.9 Å². The van der Waals surface area contributed by atoms with Gasteiger partial charge in [0, 0.05) is 19.0 Å². The summed E-state index contributed by atoms with van der Waals surface area (Å²) in [4.78, 5) is 43.0. The molecule has 3 aromatic carbocycles. The molecule has 2 atom stereocenters. The van der Waals surface area contributed by atoms with Crippen LogP contribution >= 0.6 is 0 Å². The highest BCUT2D eigenvalue weighted by molar-refractivity contribution is 5.92. The number of hydrogen-bond acceptors (Lipinski definition) is 4. The van der Waals surface area contributed by atoms with Crippen LogP contribution < -0.4 is 10.6 Å². The lowest BCUT2D eigenvalue weighted by atomic mass is 9.97. The van der Waals surface area contributed by atoms with E-state index in [1.165, 1.54) is 0 Å². The second-order valence-corrected chi connectivity index (χ2v) is 11.8. The number of ether oxygens (including phenoxy) is 1. The molecule has 0 bridgehead atoms. The van der Waals surface area contributed by atoms with Gasteiger partial charge in [-0.15, -0.1) is 0 Å². The molecule has 7 nitrogen and oxygen atoms in total. The molecule has 41 heavy (non-hydrogen) atoms. The van der Waals surface area contributed by atoms with Crippen molar-refractivity contribution >= 4 is 17.9 Å². The molecule has 216 valence electrons. The van der Waals surface area contributed by atoms with E-state index in [0.29, 0.717) is 6.54 Å². The Morgan fingerprint density at radius 3 is 2.05 bits per heavy atom. The molecule has 0 radical (unpaired) electrons. The standard InChI is InChI=1S/C34H41N3O4/c1-23-16-17-27(20-24(23)2)30(31(38)35-22-26-14-10-7-11-15-26)37(28-18-19-28)32(39)29(21-25-12-8-6-9-13-25)36-33(40)41-34(3,4)5/h6-17,20,28-30H,18-19,21-22H2,1-5H3,(H,35,38)(H,36,40). The smallest absolute Gasteiger partial charge is 0.408 e. The van der Waals surface area contributed by atoms with Crippen molar-refractivity contribution in [3.63, 3.8) is 0 Å². The topological polar surface area (TPSA) is 87.7 Å². The fourth-order valence-electron chi connectivity index (χ4n) is 4.81. The first-order valence-corrected chi connectivity index (χ1v) is 14.3. The van der Waals surface area contributed by atoms with Gasteiger partial charge in [0.05, 0.1) is 0 Å². The first-order valence-electron chi connectivity index (χ1n) is 14.3. The summed E-state index contributed by atoms with van der Waals surface area (Å²) in [6.45, 7) is 9.71. The summed E-state index contributed by atoms with van der Waals surface area (Å²) in [7, 11) is 0. The van der Waals surface area contributed by atoms with Crippen LogP contribution in [0.1, 0.15) is 67.5 Å². The van der Waals surface area contributed by atoms with Crippen molar-refractivity contribution < 1.29 is 19.1 Å². The zero-order chi connectivity index (χ0) is 29.6. The number of alkyl carbamates (subject to hydrolysis) is 1. The molecule has 3 aromatic rings. The number of carbonyl (C=O) groups excluding carboxylic acids is 3. The maximum atomic E-state index is 14.5. The molecule has 7 heteroatoms. The van der Waals surface area contributed by atoms with Gasteiger partial charge in [0.2, 0.25) is 11.8 Å². The second kappa shape index (κ2) is 13.0. The largest absolute Gasteiger partial charge is 0.444 e. The summed E-state index contributed by atoms with van der Waals surface area (Å²) in [5.41, 5.74) is 4.04. The average molecular weight is 556 g/mol. The van der Waals surface area contributed by atoms with Gasteiger partial charge in [-0.3, -0.25) is 9.59 Å². The van der Waals surface area contributed by atoms with Crippen LogP contribution in [0.2, 0.25) is 0 Å². The second-order valence-electron chi connectivity index (χ2n) is 11.8. The Hall–Kier alpha value is -4.13. The molecule has 2 unspecified atom stereocenters. The van der Waals surface area contributed by atoms with Gasteiger partial charge in [-0.25, -0.2) is 4.79 Å². The third-order valence-electron chi connectivity index (χ3n) is 7.15. The van der Waals surface area contributed by atoms with Gasteiger partial charge in [0.25, 0.3) is 0 Å². The van der Waals surface area contributed by atoms with Crippen molar-refractivity contribution in [2.75, 3.05) is 0 Å². The van der Waals surface area contributed by atoms with Crippen LogP contribution in [0.25, 0.3) is 0 Å². The number of benzene rings is 3. The van der Waals surface area contributed by atoms with Crippen LogP contribution in [-0.4, -0.2) is 40.5 Å². The van der Waals surface area contributed by atoms with E-state index in [-0.39, 0.29) is 24.3 Å². The minimum absolute atomic E-state index is 0.102. The Labute approximate surface area is 243 Å². The first kappa shape index (κ1) is 29.8. The van der Waals surface area contributed by atoms with Crippen molar-refractivity contribution in [1.29, 1.82) is 0 Å². The number of nitrogens with one attached hydrogen (secondary N) is 2. The van der Waals surface area contributed by atoms with Crippen molar-refractivity contribution in [3.05, 3.63) is 107 Å². The molecule has 4 rings (SSSR count). The van der Waals surface area contributed by atoms with E-state index in [2.05, 4.69) is 10.6 Å². The molecular weight excluding hydrogens is 514 g/mol. The van der Waals surface area contributed by atoms with Crippen LogP contribution in [0.4, 0.5) is 4.79 Å². The predicted molar refractivity (Wildman–Crippen MR) is 160 cm³/mol. The quantitative estimate of drug-likeness (QED) is 0.332. The monoisotopic (exact) mass is 555 g/mol. The van der Waals surface area contributed by atoms with Crippen molar-refractivity contribution in [1.82, 2.24) is 15.5 Å². The van der Waals surface area contributed by atoms with Crippen molar-refractivity contribution in [2.24, 2.45) is 0 Å². The predicted octanol–water partition coefficient (Wildman–Crippen LogP) is 5.79. The zero-order valence-electron chi connectivity index (χ0n) is 24.6. The van der Waals surface area contributed by atoms with E-state index in [9.17, 15) is 14.4 Å². The minimum Gasteiger partial charge on any atom is -0.444 e. The van der Waals surface area contributed by atoms with E-state index < -0.39 is 23.8 Å². The van der Waals surface area contributed by atoms with Gasteiger partial charge >= 0.3 is 6.09 Å². The third-order valence-corrected chi connectivity index (χ3v) is 7.15. The molecule has 1 aliphatic carbocycles. The van der Waals surface area contributed by atoms with E-state index in [4.69, 9.17) is 4.74 Å². The van der Waals surface area contributed by atoms with Crippen LogP contribution in [0.5, 0.6) is 0 Å². The van der Waals surface area contributed by atoms with Gasteiger partial charge in [-0.2, -0.15) is 0 Å². The zero-order valence-corrected chi connectivity index (χ0v) is 24.6. The summed E-state index contributed by atoms with van der Waals surface area (Å²) in [6, 6.07) is 23.3. The molecule has 2 N–H and O–H groups in total. The summed E-state index contributed by atoms with van der Waals surface area (Å²) >= 11 is 0. The number of amides is 3. The fourth-order valence-corrected chi connectivity index (χ4v) is 4.81. The third kappa shape index (κ3) is 8.43. The number of carbonyl (C=O) groups is 3. The minimum atomic E-state index is -0.913. The lowest BCUT2D eigenvalue weighted by molar-refractivity contribution is -0.143. The molecule has 0 saturated heterocycles. The fraction of sp³-hybridized carbons (Fsp3) is 0.382. The summed E-state index contributed by atoms with van der Waals surface area (Å²) < 4.78 is 5.52. The Kier molecular flexibility index (Phi) is 9.48. The van der Waals surface area contributed by atoms with E-state index in [1.54, 1.807) is 25.7 Å². The Morgan fingerprint density at radius 2 is 1.49 bits per heavy atom. The van der Waals surface area contributed by atoms with Crippen LogP contribution in [-0.2, 0) is 27.3 Å². The molecule has 0 aliphatic heterocycles. The number of aryl methyl sites for hydroxylation is 2.